The molecule has 1 fully saturated rings. The summed E-state index contributed by atoms with van der Waals surface area (Å²) in [5, 5.41) is 2.96. The molecular formula is C20H24N2O4S2. The molecule has 0 bridgehead atoms. The van der Waals surface area contributed by atoms with E-state index in [1.165, 1.54) is 23.5 Å². The fourth-order valence-corrected chi connectivity index (χ4v) is 5.33. The van der Waals surface area contributed by atoms with E-state index in [0.717, 1.165) is 10.6 Å². The number of anilines is 1. The van der Waals surface area contributed by atoms with Gasteiger partial charge in [0.2, 0.25) is 15.9 Å². The van der Waals surface area contributed by atoms with Crippen molar-refractivity contribution >= 4 is 33.4 Å². The highest BCUT2D eigenvalue weighted by atomic mass is 32.2. The Kier molecular flexibility index (Phi) is 6.64. The smallest absolute Gasteiger partial charge is 0.243 e. The Labute approximate surface area is 170 Å². The monoisotopic (exact) mass is 420 g/mol. The zero-order valence-electron chi connectivity index (χ0n) is 15.9. The molecule has 0 radical (unpaired) electrons. The largest absolute Gasteiger partial charge is 0.497 e. The summed E-state index contributed by atoms with van der Waals surface area (Å²) in [6, 6.07) is 13.9. The molecule has 150 valence electrons. The van der Waals surface area contributed by atoms with Gasteiger partial charge in [-0.3, -0.25) is 4.79 Å². The van der Waals surface area contributed by atoms with E-state index in [0.29, 0.717) is 25.1 Å². The van der Waals surface area contributed by atoms with E-state index >= 15 is 0 Å². The lowest BCUT2D eigenvalue weighted by atomic mass is 9.99. The van der Waals surface area contributed by atoms with Gasteiger partial charge in [-0.25, -0.2) is 8.42 Å². The normalized spacial score (nSPS) is 17.9. The van der Waals surface area contributed by atoms with Gasteiger partial charge in [0.05, 0.1) is 23.6 Å². The van der Waals surface area contributed by atoms with Gasteiger partial charge in [0, 0.05) is 18.0 Å². The van der Waals surface area contributed by atoms with Crippen LogP contribution in [0.4, 0.5) is 5.69 Å². The number of para-hydroxylation sites is 1. The Balaban J connectivity index is 1.73. The second-order valence-electron chi connectivity index (χ2n) is 6.57. The average molecular weight is 421 g/mol. The molecule has 1 N–H and O–H groups in total. The molecule has 28 heavy (non-hydrogen) atoms. The lowest BCUT2D eigenvalue weighted by molar-refractivity contribution is -0.120. The maximum absolute atomic E-state index is 13.0. The SMILES string of the molecule is COc1ccc(S(=O)(=O)N2CCC[C@@H](C(=O)Nc3ccccc3SC)C2)cc1. The van der Waals surface area contributed by atoms with E-state index in [2.05, 4.69) is 5.32 Å². The molecule has 3 rings (SSSR count). The molecule has 1 saturated heterocycles. The van der Waals surface area contributed by atoms with Crippen LogP contribution in [0.15, 0.2) is 58.3 Å². The van der Waals surface area contributed by atoms with Crippen molar-refractivity contribution in [3.05, 3.63) is 48.5 Å². The highest BCUT2D eigenvalue weighted by Gasteiger charge is 2.33. The van der Waals surface area contributed by atoms with Crippen LogP contribution in [0.25, 0.3) is 0 Å². The van der Waals surface area contributed by atoms with Crippen LogP contribution >= 0.6 is 11.8 Å². The number of ether oxygens (including phenoxy) is 1. The van der Waals surface area contributed by atoms with E-state index in [9.17, 15) is 13.2 Å². The van der Waals surface area contributed by atoms with E-state index in [-0.39, 0.29) is 23.3 Å². The van der Waals surface area contributed by atoms with Crippen LogP contribution in [0.5, 0.6) is 5.75 Å². The Bertz CT molecular complexity index is 929. The van der Waals surface area contributed by atoms with Gasteiger partial charge in [-0.15, -0.1) is 11.8 Å². The number of thioether (sulfide) groups is 1. The lowest BCUT2D eigenvalue weighted by Gasteiger charge is -2.31. The van der Waals surface area contributed by atoms with Gasteiger partial charge in [-0.2, -0.15) is 4.31 Å². The minimum absolute atomic E-state index is 0.142. The van der Waals surface area contributed by atoms with Crippen molar-refractivity contribution in [1.29, 1.82) is 0 Å². The van der Waals surface area contributed by atoms with Crippen molar-refractivity contribution in [2.24, 2.45) is 5.92 Å². The van der Waals surface area contributed by atoms with Gasteiger partial charge >= 0.3 is 0 Å². The van der Waals surface area contributed by atoms with Gasteiger partial charge in [0.15, 0.2) is 0 Å². The summed E-state index contributed by atoms with van der Waals surface area (Å²) in [7, 11) is -2.11. The molecule has 8 heteroatoms. The summed E-state index contributed by atoms with van der Waals surface area (Å²) in [5.74, 6) is 0.0788. The average Bonchev–Trinajstić information content (AvgIpc) is 2.74. The van der Waals surface area contributed by atoms with E-state index in [1.807, 2.05) is 30.5 Å². The zero-order valence-corrected chi connectivity index (χ0v) is 17.6. The first kappa shape index (κ1) is 20.7. The highest BCUT2D eigenvalue weighted by molar-refractivity contribution is 7.98. The highest BCUT2D eigenvalue weighted by Crippen LogP contribution is 2.28. The topological polar surface area (TPSA) is 75.7 Å². The number of amides is 1. The van der Waals surface area contributed by atoms with E-state index in [4.69, 9.17) is 4.74 Å². The molecule has 0 unspecified atom stereocenters. The fraction of sp³-hybridized carbons (Fsp3) is 0.350. The third-order valence-corrected chi connectivity index (χ3v) is 7.49. The molecule has 6 nitrogen and oxygen atoms in total. The van der Waals surface area contributed by atoms with Crippen LogP contribution < -0.4 is 10.1 Å². The fourth-order valence-electron chi connectivity index (χ4n) is 3.25. The number of sulfonamides is 1. The molecule has 2 aromatic carbocycles. The van der Waals surface area contributed by atoms with Crippen molar-refractivity contribution in [2.45, 2.75) is 22.6 Å². The predicted molar refractivity (Wildman–Crippen MR) is 111 cm³/mol. The summed E-state index contributed by atoms with van der Waals surface area (Å²) < 4.78 is 32.4. The van der Waals surface area contributed by atoms with Crippen LogP contribution in [0, 0.1) is 5.92 Å². The second kappa shape index (κ2) is 8.98. The Morgan fingerprint density at radius 1 is 1.18 bits per heavy atom. The van der Waals surface area contributed by atoms with Crippen molar-refractivity contribution in [2.75, 3.05) is 31.8 Å². The standard InChI is InChI=1S/C20H24N2O4S2/c1-26-16-9-11-17(12-10-16)28(24,25)22-13-5-6-15(14-22)20(23)21-18-7-3-4-8-19(18)27-2/h3-4,7-12,15H,5-6,13-14H2,1-2H3,(H,21,23)/t15-/m1/s1. The molecule has 1 aliphatic rings. The second-order valence-corrected chi connectivity index (χ2v) is 9.35. The number of piperidine rings is 1. The number of hydrogen-bond donors (Lipinski definition) is 1. The van der Waals surface area contributed by atoms with Crippen LogP contribution in [0.2, 0.25) is 0 Å². The Hall–Kier alpha value is -2.03. The number of benzene rings is 2. The molecule has 2 aromatic rings. The summed E-state index contributed by atoms with van der Waals surface area (Å²) >= 11 is 1.56. The first-order valence-corrected chi connectivity index (χ1v) is 11.7. The number of hydrogen-bond acceptors (Lipinski definition) is 5. The molecular weight excluding hydrogens is 396 g/mol. The zero-order chi connectivity index (χ0) is 20.1. The van der Waals surface area contributed by atoms with Crippen LogP contribution in [-0.2, 0) is 14.8 Å². The summed E-state index contributed by atoms with van der Waals surface area (Å²) in [6.07, 6.45) is 3.27. The number of carbonyl (C=O) groups excluding carboxylic acids is 1. The van der Waals surface area contributed by atoms with Gasteiger partial charge in [0.1, 0.15) is 5.75 Å². The van der Waals surface area contributed by atoms with Crippen molar-refractivity contribution in [1.82, 2.24) is 4.31 Å². The molecule has 0 saturated carbocycles. The maximum atomic E-state index is 13.0. The van der Waals surface area contributed by atoms with Crippen LogP contribution in [0.3, 0.4) is 0 Å². The molecule has 1 heterocycles. The minimum atomic E-state index is -3.65. The number of nitrogens with zero attached hydrogens (tertiary/aromatic N) is 1. The molecule has 1 amide bonds. The molecule has 0 spiro atoms. The summed E-state index contributed by atoms with van der Waals surface area (Å²) in [6.45, 7) is 0.598. The quantitative estimate of drug-likeness (QED) is 0.725. The first-order valence-electron chi connectivity index (χ1n) is 9.04. The maximum Gasteiger partial charge on any atom is 0.243 e. The molecule has 0 aliphatic carbocycles. The van der Waals surface area contributed by atoms with Crippen LogP contribution in [-0.4, -0.2) is 45.1 Å². The number of carbonyl (C=O) groups is 1. The molecule has 1 atom stereocenters. The third kappa shape index (κ3) is 4.51. The van der Waals surface area contributed by atoms with E-state index in [1.54, 1.807) is 23.9 Å². The summed E-state index contributed by atoms with van der Waals surface area (Å²) in [5.41, 5.74) is 0.759. The van der Waals surface area contributed by atoms with Crippen LogP contribution in [0.1, 0.15) is 12.8 Å². The predicted octanol–water partition coefficient (Wildman–Crippen LogP) is 3.46. The third-order valence-electron chi connectivity index (χ3n) is 4.82. The van der Waals surface area contributed by atoms with Crippen molar-refractivity contribution < 1.29 is 17.9 Å². The Morgan fingerprint density at radius 3 is 2.57 bits per heavy atom. The van der Waals surface area contributed by atoms with Crippen molar-refractivity contribution in [3.8, 4) is 5.75 Å². The van der Waals surface area contributed by atoms with Gasteiger partial charge in [-0.05, 0) is 55.5 Å². The molecule has 0 aromatic heterocycles. The van der Waals surface area contributed by atoms with Gasteiger partial charge in [-0.1, -0.05) is 12.1 Å². The first-order chi connectivity index (χ1) is 13.5. The number of methoxy groups -OCH3 is 1. The number of nitrogens with one attached hydrogen (secondary N) is 1. The number of rotatable bonds is 6. The van der Waals surface area contributed by atoms with Gasteiger partial charge < -0.3 is 10.1 Å². The molecule has 1 aliphatic heterocycles. The van der Waals surface area contributed by atoms with Crippen molar-refractivity contribution in [3.63, 3.8) is 0 Å². The van der Waals surface area contributed by atoms with Gasteiger partial charge in [0.25, 0.3) is 0 Å². The lowest BCUT2D eigenvalue weighted by Crippen LogP contribution is -2.43. The summed E-state index contributed by atoms with van der Waals surface area (Å²) in [4.78, 5) is 14.0. The van der Waals surface area contributed by atoms with E-state index < -0.39 is 10.0 Å². The Morgan fingerprint density at radius 2 is 1.89 bits per heavy atom. The minimum Gasteiger partial charge on any atom is -0.497 e.